The Hall–Kier alpha value is -3.66. The lowest BCUT2D eigenvalue weighted by atomic mass is 10.1. The molecule has 1 fully saturated rings. The Labute approximate surface area is 200 Å². The number of fused-ring (bicyclic) bond motifs is 1. The van der Waals surface area contributed by atoms with Gasteiger partial charge in [0.05, 0.1) is 6.04 Å². The van der Waals surface area contributed by atoms with Crippen molar-refractivity contribution in [1.82, 2.24) is 29.8 Å². The zero-order valence-corrected chi connectivity index (χ0v) is 19.8. The average molecular weight is 476 g/mol. The third kappa shape index (κ3) is 4.05. The van der Waals surface area contributed by atoms with Gasteiger partial charge in [0.2, 0.25) is 5.91 Å². The molecule has 9 nitrogen and oxygen atoms in total. The van der Waals surface area contributed by atoms with E-state index in [0.29, 0.717) is 40.2 Å². The summed E-state index contributed by atoms with van der Waals surface area (Å²) in [6.45, 7) is 4.99. The Kier molecular flexibility index (Phi) is 6.06. The van der Waals surface area contributed by atoms with Crippen LogP contribution in [0.1, 0.15) is 38.3 Å². The number of hydrogen-bond donors (Lipinski definition) is 1. The molecule has 0 saturated carbocycles. The summed E-state index contributed by atoms with van der Waals surface area (Å²) < 4.78 is 1.54. The highest BCUT2D eigenvalue weighted by molar-refractivity contribution is 7.21. The van der Waals surface area contributed by atoms with Crippen LogP contribution < -0.4 is 15.8 Å². The summed E-state index contributed by atoms with van der Waals surface area (Å²) in [5.74, 6) is 0.778. The molecule has 34 heavy (non-hydrogen) atoms. The van der Waals surface area contributed by atoms with Crippen LogP contribution in [0.4, 0.5) is 5.13 Å². The number of amides is 1. The van der Waals surface area contributed by atoms with Gasteiger partial charge in [-0.3, -0.25) is 14.2 Å². The number of carbonyl (C=O) groups is 1. The van der Waals surface area contributed by atoms with Gasteiger partial charge in [0.25, 0.3) is 5.56 Å². The molecule has 10 heteroatoms. The maximum atomic E-state index is 13.2. The fourth-order valence-corrected chi connectivity index (χ4v) is 5.31. The van der Waals surface area contributed by atoms with Gasteiger partial charge in [0, 0.05) is 25.5 Å². The molecule has 0 radical (unpaired) electrons. The second-order valence-corrected chi connectivity index (χ2v) is 9.16. The smallest absolute Gasteiger partial charge is 0.281 e. The Morgan fingerprint density at radius 3 is 2.68 bits per heavy atom. The predicted octanol–water partition coefficient (Wildman–Crippen LogP) is 3.18. The Morgan fingerprint density at radius 2 is 1.94 bits per heavy atom. The van der Waals surface area contributed by atoms with Crippen LogP contribution in [-0.4, -0.2) is 43.0 Å². The SMILES string of the molecule is CCn1c(-c2ncccn2)nc2sc(N3CCC[C@@H]3C(=O)N[C@H](C)c3ccccc3)nc2c1=O. The summed E-state index contributed by atoms with van der Waals surface area (Å²) in [5, 5.41) is 3.77. The molecule has 0 spiro atoms. The van der Waals surface area contributed by atoms with E-state index in [1.807, 2.05) is 49.1 Å². The number of carbonyl (C=O) groups excluding carboxylic acids is 1. The van der Waals surface area contributed by atoms with E-state index in [4.69, 9.17) is 4.98 Å². The molecule has 5 rings (SSSR count). The number of anilines is 1. The summed E-state index contributed by atoms with van der Waals surface area (Å²) in [4.78, 5) is 46.8. The van der Waals surface area contributed by atoms with E-state index in [2.05, 4.69) is 20.3 Å². The molecule has 4 heterocycles. The topological polar surface area (TPSA) is 106 Å². The molecule has 1 amide bonds. The summed E-state index contributed by atoms with van der Waals surface area (Å²) >= 11 is 1.33. The molecule has 1 N–H and O–H groups in total. The Balaban J connectivity index is 1.46. The lowest BCUT2D eigenvalue weighted by Crippen LogP contribution is -2.44. The van der Waals surface area contributed by atoms with E-state index >= 15 is 0 Å². The minimum atomic E-state index is -0.336. The van der Waals surface area contributed by atoms with Crippen molar-refractivity contribution in [1.29, 1.82) is 0 Å². The molecule has 3 aromatic heterocycles. The van der Waals surface area contributed by atoms with Gasteiger partial charge in [0.15, 0.2) is 27.1 Å². The molecule has 1 aromatic carbocycles. The van der Waals surface area contributed by atoms with E-state index in [1.165, 1.54) is 15.9 Å². The van der Waals surface area contributed by atoms with Crippen LogP contribution in [0, 0.1) is 0 Å². The summed E-state index contributed by atoms with van der Waals surface area (Å²) in [5.41, 5.74) is 1.14. The second-order valence-electron chi connectivity index (χ2n) is 8.20. The van der Waals surface area contributed by atoms with Gasteiger partial charge in [-0.05, 0) is 38.3 Å². The monoisotopic (exact) mass is 475 g/mol. The van der Waals surface area contributed by atoms with Crippen LogP contribution in [0.3, 0.4) is 0 Å². The number of rotatable bonds is 6. The van der Waals surface area contributed by atoms with E-state index in [-0.39, 0.29) is 23.6 Å². The van der Waals surface area contributed by atoms with Crippen molar-refractivity contribution >= 4 is 32.7 Å². The molecule has 174 valence electrons. The summed E-state index contributed by atoms with van der Waals surface area (Å²) in [6, 6.07) is 11.2. The number of benzene rings is 1. The molecule has 1 saturated heterocycles. The highest BCUT2D eigenvalue weighted by atomic mass is 32.1. The maximum Gasteiger partial charge on any atom is 0.281 e. The molecule has 2 atom stereocenters. The summed E-state index contributed by atoms with van der Waals surface area (Å²) in [7, 11) is 0. The quantitative estimate of drug-likeness (QED) is 0.456. The van der Waals surface area contributed by atoms with Crippen LogP contribution in [0.2, 0.25) is 0 Å². The van der Waals surface area contributed by atoms with Crippen molar-refractivity contribution in [3.8, 4) is 11.6 Å². The standard InChI is InChI=1S/C24H25N7O2S/c1-3-30-20(19-25-12-8-13-26-19)29-22-18(23(30)33)28-24(34-22)31-14-7-11-17(31)21(32)27-15(2)16-9-5-4-6-10-16/h4-6,8-10,12-13,15,17H,3,7,11,14H2,1-2H3,(H,27,32)/t15-,17-/m1/s1. The van der Waals surface area contributed by atoms with Crippen molar-refractivity contribution in [2.24, 2.45) is 0 Å². The van der Waals surface area contributed by atoms with Gasteiger partial charge in [-0.15, -0.1) is 0 Å². The van der Waals surface area contributed by atoms with Crippen molar-refractivity contribution in [2.45, 2.75) is 45.3 Å². The van der Waals surface area contributed by atoms with Crippen molar-refractivity contribution in [2.75, 3.05) is 11.4 Å². The first-order valence-electron chi connectivity index (χ1n) is 11.4. The van der Waals surface area contributed by atoms with Crippen LogP contribution >= 0.6 is 11.3 Å². The predicted molar refractivity (Wildman–Crippen MR) is 132 cm³/mol. The minimum absolute atomic E-state index is 0.0367. The van der Waals surface area contributed by atoms with Gasteiger partial charge < -0.3 is 10.2 Å². The van der Waals surface area contributed by atoms with Crippen molar-refractivity contribution < 1.29 is 4.79 Å². The number of nitrogens with zero attached hydrogens (tertiary/aromatic N) is 6. The molecule has 0 unspecified atom stereocenters. The Bertz CT molecular complexity index is 1370. The molecule has 0 bridgehead atoms. The molecule has 1 aliphatic heterocycles. The highest BCUT2D eigenvalue weighted by Gasteiger charge is 2.34. The fourth-order valence-electron chi connectivity index (χ4n) is 4.30. The fraction of sp³-hybridized carbons (Fsp3) is 0.333. The van der Waals surface area contributed by atoms with Gasteiger partial charge in [-0.25, -0.2) is 19.9 Å². The van der Waals surface area contributed by atoms with Crippen LogP contribution in [-0.2, 0) is 11.3 Å². The van der Waals surface area contributed by atoms with Gasteiger partial charge in [-0.2, -0.15) is 0 Å². The number of thiazole rings is 1. The number of nitrogens with one attached hydrogen (secondary N) is 1. The van der Waals surface area contributed by atoms with E-state index in [1.54, 1.807) is 18.5 Å². The first-order chi connectivity index (χ1) is 16.6. The van der Waals surface area contributed by atoms with Crippen molar-refractivity contribution in [3.05, 3.63) is 64.7 Å². The third-order valence-electron chi connectivity index (χ3n) is 6.05. The molecular formula is C24H25N7O2S. The number of aromatic nitrogens is 5. The first kappa shape index (κ1) is 22.1. The van der Waals surface area contributed by atoms with Gasteiger partial charge in [-0.1, -0.05) is 41.7 Å². The largest absolute Gasteiger partial charge is 0.348 e. The lowest BCUT2D eigenvalue weighted by molar-refractivity contribution is -0.122. The van der Waals surface area contributed by atoms with Crippen molar-refractivity contribution in [3.63, 3.8) is 0 Å². The highest BCUT2D eigenvalue weighted by Crippen LogP contribution is 2.32. The van der Waals surface area contributed by atoms with E-state index < -0.39 is 0 Å². The average Bonchev–Trinajstić information content (AvgIpc) is 3.52. The van der Waals surface area contributed by atoms with Gasteiger partial charge >= 0.3 is 0 Å². The zero-order chi connectivity index (χ0) is 23.7. The maximum absolute atomic E-state index is 13.2. The molecule has 4 aromatic rings. The van der Waals surface area contributed by atoms with Crippen LogP contribution in [0.5, 0.6) is 0 Å². The van der Waals surface area contributed by atoms with E-state index in [9.17, 15) is 9.59 Å². The third-order valence-corrected chi connectivity index (χ3v) is 7.04. The normalized spacial score (nSPS) is 16.6. The second kappa shape index (κ2) is 9.30. The minimum Gasteiger partial charge on any atom is -0.348 e. The number of hydrogen-bond acceptors (Lipinski definition) is 8. The molecule has 0 aliphatic carbocycles. The van der Waals surface area contributed by atoms with Crippen LogP contribution in [0.15, 0.2) is 53.6 Å². The first-order valence-corrected chi connectivity index (χ1v) is 12.2. The zero-order valence-electron chi connectivity index (χ0n) is 19.0. The Morgan fingerprint density at radius 1 is 1.18 bits per heavy atom. The van der Waals surface area contributed by atoms with Crippen LogP contribution in [0.25, 0.3) is 22.0 Å². The van der Waals surface area contributed by atoms with E-state index in [0.717, 1.165) is 18.4 Å². The summed E-state index contributed by atoms with van der Waals surface area (Å²) in [6.07, 6.45) is 4.86. The molecule has 1 aliphatic rings. The lowest BCUT2D eigenvalue weighted by Gasteiger charge is -2.25. The molecular weight excluding hydrogens is 450 g/mol. The van der Waals surface area contributed by atoms with Gasteiger partial charge in [0.1, 0.15) is 6.04 Å².